The molecule has 0 aromatic rings. The normalized spacial score (nSPS) is 25.6. The van der Waals surface area contributed by atoms with E-state index < -0.39 is 23.7 Å². The lowest BCUT2D eigenvalue weighted by Crippen LogP contribution is -2.53. The van der Waals surface area contributed by atoms with Gasteiger partial charge in [0.05, 0.1) is 18.0 Å². The summed E-state index contributed by atoms with van der Waals surface area (Å²) in [7, 11) is 0. The van der Waals surface area contributed by atoms with Gasteiger partial charge in [0.25, 0.3) is 5.91 Å². The van der Waals surface area contributed by atoms with Crippen LogP contribution in [0.5, 0.6) is 0 Å². The molecule has 3 heterocycles. The summed E-state index contributed by atoms with van der Waals surface area (Å²) in [5, 5.41) is 0. The number of ketones is 1. The quantitative estimate of drug-likeness (QED) is 0.491. The predicted molar refractivity (Wildman–Crippen MR) is 138 cm³/mol. The third-order valence-electron chi connectivity index (χ3n) is 8.44. The number of hydrogen-bond acceptors (Lipinski definition) is 6. The van der Waals surface area contributed by atoms with Crippen LogP contribution >= 0.6 is 0 Å². The number of ether oxygens (including phenoxy) is 1. The van der Waals surface area contributed by atoms with Gasteiger partial charge in [0.2, 0.25) is 0 Å². The maximum atomic E-state index is 13.7. The van der Waals surface area contributed by atoms with E-state index in [0.717, 1.165) is 18.4 Å². The van der Waals surface area contributed by atoms with E-state index in [1.165, 1.54) is 12.2 Å². The first kappa shape index (κ1) is 27.4. The van der Waals surface area contributed by atoms with E-state index in [2.05, 4.69) is 0 Å². The fourth-order valence-electron chi connectivity index (χ4n) is 6.12. The van der Waals surface area contributed by atoms with E-state index in [9.17, 15) is 27.6 Å². The zero-order valence-corrected chi connectivity index (χ0v) is 22.1. The van der Waals surface area contributed by atoms with Gasteiger partial charge in [-0.05, 0) is 25.8 Å². The van der Waals surface area contributed by atoms with Crippen LogP contribution in [-0.2, 0) is 19.1 Å². The molecule has 7 nitrogen and oxygen atoms in total. The molecule has 2 saturated heterocycles. The molecular formula is C29H34F3N3O4. The summed E-state index contributed by atoms with van der Waals surface area (Å²) in [5.74, 6) is -2.16. The first-order valence-corrected chi connectivity index (χ1v) is 13.6. The van der Waals surface area contributed by atoms with Gasteiger partial charge in [-0.2, -0.15) is 13.2 Å². The first-order chi connectivity index (χ1) is 18.6. The number of rotatable bonds is 5. The first-order valence-electron chi connectivity index (χ1n) is 13.6. The second kappa shape index (κ2) is 10.8. The van der Waals surface area contributed by atoms with Gasteiger partial charge in [0, 0.05) is 75.4 Å². The number of Topliss-reactive ketones (excluding diaryl/α,β-unsaturated/α-hetero) is 1. The fraction of sp³-hybridized carbons (Fsp3) is 0.552. The number of esters is 1. The average Bonchev–Trinajstić information content (AvgIpc) is 3.18. The van der Waals surface area contributed by atoms with Crippen molar-refractivity contribution in [3.8, 4) is 0 Å². The molecule has 10 heteroatoms. The van der Waals surface area contributed by atoms with Crippen LogP contribution < -0.4 is 0 Å². The summed E-state index contributed by atoms with van der Waals surface area (Å²) in [6.07, 6.45) is 8.47. The summed E-state index contributed by atoms with van der Waals surface area (Å²) in [6.45, 7) is 4.49. The molecule has 39 heavy (non-hydrogen) atoms. The van der Waals surface area contributed by atoms with Crippen molar-refractivity contribution in [2.24, 2.45) is 5.92 Å². The predicted octanol–water partition coefficient (Wildman–Crippen LogP) is 3.71. The molecule has 1 unspecified atom stereocenters. The van der Waals surface area contributed by atoms with E-state index in [-0.39, 0.29) is 24.7 Å². The number of allylic oxidation sites excluding steroid dienone is 7. The molecule has 0 radical (unpaired) electrons. The maximum Gasteiger partial charge on any atom is 0.395 e. The standard InChI is InChI=1S/C29H34F3N3O4/c1-20-25(26(37)35-16-14-34(15-17-35)23-9-5-8-22(18-23)29(30,31)32)28(39-27(20)38)10-12-33(13-11-28)19-24(36)21-6-3-2-4-7-21/h3,5-9,22H,2,4,10-19H2,1H3. The van der Waals surface area contributed by atoms with Crippen LogP contribution in [0.4, 0.5) is 13.2 Å². The molecular weight excluding hydrogens is 511 g/mol. The van der Waals surface area contributed by atoms with E-state index in [1.807, 2.05) is 28.0 Å². The molecule has 1 spiro atoms. The number of piperazine rings is 1. The molecule has 0 bridgehead atoms. The molecule has 5 rings (SSSR count). The van der Waals surface area contributed by atoms with Crippen molar-refractivity contribution in [3.63, 3.8) is 0 Å². The van der Waals surface area contributed by atoms with Crippen LogP contribution in [0, 0.1) is 5.92 Å². The Bertz CT molecular complexity index is 1180. The van der Waals surface area contributed by atoms with Gasteiger partial charge in [-0.25, -0.2) is 4.79 Å². The summed E-state index contributed by atoms with van der Waals surface area (Å²) in [5.41, 5.74) is 1.06. The fourth-order valence-corrected chi connectivity index (χ4v) is 6.12. The van der Waals surface area contributed by atoms with Crippen LogP contribution in [0.15, 0.2) is 58.9 Å². The number of amides is 1. The minimum absolute atomic E-state index is 0.0661. The number of carbonyl (C=O) groups excluding carboxylic acids is 3. The molecule has 2 fully saturated rings. The van der Waals surface area contributed by atoms with Gasteiger partial charge < -0.3 is 14.5 Å². The molecule has 3 aliphatic heterocycles. The number of alkyl halides is 3. The Kier molecular flexibility index (Phi) is 7.59. The number of carbonyl (C=O) groups is 3. The number of likely N-dealkylation sites (tertiary alicyclic amines) is 1. The molecule has 0 saturated carbocycles. The second-order valence-electron chi connectivity index (χ2n) is 10.9. The second-order valence-corrected chi connectivity index (χ2v) is 10.9. The molecule has 0 aromatic heterocycles. The molecule has 1 amide bonds. The largest absolute Gasteiger partial charge is 0.450 e. The Morgan fingerprint density at radius 1 is 1.08 bits per heavy atom. The van der Waals surface area contributed by atoms with Gasteiger partial charge >= 0.3 is 12.1 Å². The minimum Gasteiger partial charge on any atom is -0.450 e. The van der Waals surface area contributed by atoms with Gasteiger partial charge in [-0.15, -0.1) is 0 Å². The Labute approximate surface area is 226 Å². The average molecular weight is 546 g/mol. The van der Waals surface area contributed by atoms with Gasteiger partial charge in [-0.3, -0.25) is 14.5 Å². The zero-order chi connectivity index (χ0) is 27.8. The molecule has 1 atom stereocenters. The topological polar surface area (TPSA) is 70.2 Å². The molecule has 0 N–H and O–H groups in total. The van der Waals surface area contributed by atoms with Crippen molar-refractivity contribution >= 4 is 17.7 Å². The highest BCUT2D eigenvalue weighted by Gasteiger charge is 2.52. The SMILES string of the molecule is CC1=C(C(=O)N2CCN(C3=CC=CC(C(F)(F)F)C3)CC2)C2(CCN(CC(=O)C3=CCCC=C3)CC2)OC1=O. The summed E-state index contributed by atoms with van der Waals surface area (Å²) in [6, 6.07) is 0. The van der Waals surface area contributed by atoms with Crippen molar-refractivity contribution in [2.45, 2.75) is 50.8 Å². The van der Waals surface area contributed by atoms with Crippen LogP contribution in [0.25, 0.3) is 0 Å². The van der Waals surface area contributed by atoms with E-state index >= 15 is 0 Å². The Hall–Kier alpha value is -3.14. The lowest BCUT2D eigenvalue weighted by atomic mass is 9.82. The number of halogens is 3. The minimum atomic E-state index is -4.28. The summed E-state index contributed by atoms with van der Waals surface area (Å²) >= 11 is 0. The van der Waals surface area contributed by atoms with Crippen LogP contribution in [0.2, 0.25) is 0 Å². The Morgan fingerprint density at radius 2 is 1.79 bits per heavy atom. The number of nitrogens with zero attached hydrogens (tertiary/aromatic N) is 3. The summed E-state index contributed by atoms with van der Waals surface area (Å²) in [4.78, 5) is 44.7. The van der Waals surface area contributed by atoms with Gasteiger partial charge in [0.1, 0.15) is 5.60 Å². The van der Waals surface area contributed by atoms with Crippen molar-refractivity contribution in [1.29, 1.82) is 0 Å². The monoisotopic (exact) mass is 545 g/mol. The Balaban J connectivity index is 1.20. The lowest BCUT2D eigenvalue weighted by molar-refractivity contribution is -0.162. The highest BCUT2D eigenvalue weighted by Crippen LogP contribution is 2.42. The summed E-state index contributed by atoms with van der Waals surface area (Å²) < 4.78 is 45.5. The Morgan fingerprint density at radius 3 is 2.44 bits per heavy atom. The van der Waals surface area contributed by atoms with Crippen molar-refractivity contribution in [1.82, 2.24) is 14.7 Å². The zero-order valence-electron chi connectivity index (χ0n) is 22.1. The lowest BCUT2D eigenvalue weighted by Gasteiger charge is -2.42. The maximum absolute atomic E-state index is 13.7. The van der Waals surface area contributed by atoms with E-state index in [1.54, 1.807) is 17.9 Å². The highest BCUT2D eigenvalue weighted by molar-refractivity contribution is 6.07. The molecule has 210 valence electrons. The van der Waals surface area contributed by atoms with E-state index in [4.69, 9.17) is 4.74 Å². The van der Waals surface area contributed by atoms with Crippen LogP contribution in [-0.4, -0.2) is 90.0 Å². The van der Waals surface area contributed by atoms with E-state index in [0.29, 0.717) is 69.0 Å². The number of piperidine rings is 1. The third-order valence-corrected chi connectivity index (χ3v) is 8.44. The van der Waals surface area contributed by atoms with Crippen molar-refractivity contribution in [3.05, 3.63) is 58.9 Å². The smallest absolute Gasteiger partial charge is 0.395 e. The van der Waals surface area contributed by atoms with Crippen LogP contribution in [0.3, 0.4) is 0 Å². The van der Waals surface area contributed by atoms with Gasteiger partial charge in [0.15, 0.2) is 5.78 Å². The van der Waals surface area contributed by atoms with Crippen LogP contribution in [0.1, 0.15) is 39.0 Å². The molecule has 0 aromatic carbocycles. The van der Waals surface area contributed by atoms with Crippen molar-refractivity contribution in [2.75, 3.05) is 45.8 Å². The number of hydrogen-bond donors (Lipinski definition) is 0. The highest BCUT2D eigenvalue weighted by atomic mass is 19.4. The molecule has 2 aliphatic carbocycles. The third kappa shape index (κ3) is 5.62. The van der Waals surface area contributed by atoms with Crippen molar-refractivity contribution < 1.29 is 32.3 Å². The van der Waals surface area contributed by atoms with Gasteiger partial charge in [-0.1, -0.05) is 30.4 Å². The molecule has 5 aliphatic rings.